The fourth-order valence-corrected chi connectivity index (χ4v) is 3.81. The Kier molecular flexibility index (Phi) is 2.89. The first-order valence-electron chi connectivity index (χ1n) is 7.32. The van der Waals surface area contributed by atoms with Gasteiger partial charge in [0, 0.05) is 12.0 Å². The molecule has 3 atom stereocenters. The molecule has 0 aromatic heterocycles. The second-order valence-corrected chi connectivity index (χ2v) is 7.13. The Labute approximate surface area is 115 Å². The molecule has 2 fully saturated rings. The van der Waals surface area contributed by atoms with E-state index in [2.05, 4.69) is 17.5 Å². The Morgan fingerprint density at radius 3 is 2.84 bits per heavy atom. The summed E-state index contributed by atoms with van der Waals surface area (Å²) in [5.74, 6) is 0. The van der Waals surface area contributed by atoms with Gasteiger partial charge in [-0.15, -0.1) is 0 Å². The van der Waals surface area contributed by atoms with Crippen LogP contribution in [0.5, 0.6) is 0 Å². The smallest absolute Gasteiger partial charge is 0.411 e. The molecule has 0 aromatic rings. The van der Waals surface area contributed by atoms with Gasteiger partial charge in [-0.3, -0.25) is 4.90 Å². The van der Waals surface area contributed by atoms with Crippen LogP contribution in [0.15, 0.2) is 12.2 Å². The van der Waals surface area contributed by atoms with Crippen molar-refractivity contribution in [1.29, 1.82) is 0 Å². The van der Waals surface area contributed by atoms with Crippen LogP contribution in [0.25, 0.3) is 0 Å². The van der Waals surface area contributed by atoms with E-state index in [1.54, 1.807) is 0 Å². The lowest BCUT2D eigenvalue weighted by molar-refractivity contribution is 0.0186. The maximum atomic E-state index is 12.4. The van der Waals surface area contributed by atoms with Gasteiger partial charge in [0.1, 0.15) is 5.60 Å². The van der Waals surface area contributed by atoms with Gasteiger partial charge in [0.25, 0.3) is 0 Å². The zero-order valence-corrected chi connectivity index (χ0v) is 12.1. The molecule has 3 aliphatic heterocycles. The van der Waals surface area contributed by atoms with Crippen molar-refractivity contribution in [3.8, 4) is 0 Å². The normalized spacial score (nSPS) is 37.1. The Morgan fingerprint density at radius 2 is 2.21 bits per heavy atom. The number of piperidine rings is 1. The molecule has 106 valence electrons. The largest absolute Gasteiger partial charge is 0.444 e. The summed E-state index contributed by atoms with van der Waals surface area (Å²) in [6, 6.07) is 0.458. The molecule has 1 spiro atoms. The van der Waals surface area contributed by atoms with E-state index < -0.39 is 5.60 Å². The first-order chi connectivity index (χ1) is 8.91. The predicted octanol–water partition coefficient (Wildman–Crippen LogP) is 2.30. The highest BCUT2D eigenvalue weighted by Gasteiger charge is 2.55. The molecular formula is C15H24N2O2. The summed E-state index contributed by atoms with van der Waals surface area (Å²) in [4.78, 5) is 14.3. The first-order valence-corrected chi connectivity index (χ1v) is 7.32. The number of rotatable bonds is 0. The molecule has 0 saturated carbocycles. The van der Waals surface area contributed by atoms with Gasteiger partial charge in [0.15, 0.2) is 0 Å². The van der Waals surface area contributed by atoms with Crippen LogP contribution in [-0.4, -0.2) is 41.8 Å². The highest BCUT2D eigenvalue weighted by molar-refractivity contribution is 5.71. The third-order valence-corrected chi connectivity index (χ3v) is 4.53. The Balaban J connectivity index is 1.77. The second kappa shape index (κ2) is 4.23. The molecule has 19 heavy (non-hydrogen) atoms. The fraction of sp³-hybridized carbons (Fsp3) is 0.800. The van der Waals surface area contributed by atoms with Crippen molar-refractivity contribution in [2.45, 2.75) is 57.7 Å². The molecule has 4 heteroatoms. The van der Waals surface area contributed by atoms with Crippen LogP contribution in [0.2, 0.25) is 0 Å². The summed E-state index contributed by atoms with van der Waals surface area (Å²) in [7, 11) is 0. The van der Waals surface area contributed by atoms with Crippen LogP contribution in [0.3, 0.4) is 0 Å². The van der Waals surface area contributed by atoms with Crippen molar-refractivity contribution in [2.24, 2.45) is 5.41 Å². The number of hydrogen-bond acceptors (Lipinski definition) is 3. The SMILES string of the molecule is CC(C)(C)OC(=O)N1C2C=CC1C1(CCCNC1)C2. The van der Waals surface area contributed by atoms with E-state index in [-0.39, 0.29) is 23.6 Å². The van der Waals surface area contributed by atoms with Crippen molar-refractivity contribution in [1.82, 2.24) is 10.2 Å². The van der Waals surface area contributed by atoms with Gasteiger partial charge in [-0.1, -0.05) is 12.2 Å². The Morgan fingerprint density at radius 1 is 1.42 bits per heavy atom. The maximum absolute atomic E-state index is 12.4. The van der Waals surface area contributed by atoms with Crippen LogP contribution in [0, 0.1) is 5.41 Å². The molecule has 0 aromatic carbocycles. The highest BCUT2D eigenvalue weighted by Crippen LogP contribution is 2.49. The number of fused-ring (bicyclic) bond motifs is 3. The number of carbonyl (C=O) groups excluding carboxylic acids is 1. The molecule has 3 aliphatic rings. The number of ether oxygens (including phenoxy) is 1. The van der Waals surface area contributed by atoms with E-state index in [4.69, 9.17) is 4.74 Å². The lowest BCUT2D eigenvalue weighted by Gasteiger charge is -2.39. The summed E-state index contributed by atoms with van der Waals surface area (Å²) in [5.41, 5.74) is -0.175. The van der Waals surface area contributed by atoms with E-state index >= 15 is 0 Å². The fourth-order valence-electron chi connectivity index (χ4n) is 3.81. The lowest BCUT2D eigenvalue weighted by Crippen LogP contribution is -2.49. The molecule has 0 radical (unpaired) electrons. The molecule has 3 unspecified atom stereocenters. The first kappa shape index (κ1) is 13.0. The molecule has 2 bridgehead atoms. The number of nitrogens with zero attached hydrogens (tertiary/aromatic N) is 1. The second-order valence-electron chi connectivity index (χ2n) is 7.13. The third kappa shape index (κ3) is 2.16. The molecule has 0 aliphatic carbocycles. The number of hydrogen-bond donors (Lipinski definition) is 1. The summed E-state index contributed by atoms with van der Waals surface area (Å²) in [5, 5.41) is 3.50. The van der Waals surface area contributed by atoms with Crippen LogP contribution < -0.4 is 5.32 Å². The van der Waals surface area contributed by atoms with Crippen molar-refractivity contribution in [2.75, 3.05) is 13.1 Å². The van der Waals surface area contributed by atoms with Gasteiger partial charge in [-0.25, -0.2) is 4.79 Å². The van der Waals surface area contributed by atoms with Gasteiger partial charge >= 0.3 is 6.09 Å². The molecule has 3 heterocycles. The zero-order valence-electron chi connectivity index (χ0n) is 12.1. The lowest BCUT2D eigenvalue weighted by atomic mass is 9.71. The number of carbonyl (C=O) groups is 1. The summed E-state index contributed by atoms with van der Waals surface area (Å²) in [6.07, 6.45) is 7.74. The third-order valence-electron chi connectivity index (χ3n) is 4.53. The van der Waals surface area contributed by atoms with Gasteiger partial charge in [0.05, 0.1) is 12.1 Å². The minimum atomic E-state index is -0.420. The van der Waals surface area contributed by atoms with E-state index in [0.29, 0.717) is 0 Å². The van der Waals surface area contributed by atoms with Crippen molar-refractivity contribution in [3.05, 3.63) is 12.2 Å². The zero-order chi connectivity index (χ0) is 13.7. The summed E-state index contributed by atoms with van der Waals surface area (Å²) in [6.45, 7) is 7.91. The van der Waals surface area contributed by atoms with Crippen LogP contribution >= 0.6 is 0 Å². The average molecular weight is 264 g/mol. The monoisotopic (exact) mass is 264 g/mol. The van der Waals surface area contributed by atoms with Gasteiger partial charge in [0.2, 0.25) is 0 Å². The summed E-state index contributed by atoms with van der Waals surface area (Å²) >= 11 is 0. The van der Waals surface area contributed by atoms with Crippen LogP contribution in [0.1, 0.15) is 40.0 Å². The van der Waals surface area contributed by atoms with E-state index in [1.807, 2.05) is 25.7 Å². The van der Waals surface area contributed by atoms with E-state index in [1.165, 1.54) is 12.8 Å². The Bertz CT molecular complexity index is 405. The van der Waals surface area contributed by atoms with Crippen LogP contribution in [0.4, 0.5) is 4.79 Å². The number of amides is 1. The predicted molar refractivity (Wildman–Crippen MR) is 73.9 cm³/mol. The molecule has 3 rings (SSSR count). The standard InChI is InChI=1S/C15H24N2O2/c1-14(2,3)19-13(18)17-11-5-6-12(17)15(9-11)7-4-8-16-10-15/h5-6,11-12,16H,4,7-10H2,1-3H3. The molecule has 4 nitrogen and oxygen atoms in total. The quantitative estimate of drug-likeness (QED) is 0.683. The number of nitrogens with one attached hydrogen (secondary N) is 1. The van der Waals surface area contributed by atoms with Crippen LogP contribution in [-0.2, 0) is 4.74 Å². The summed E-state index contributed by atoms with van der Waals surface area (Å²) < 4.78 is 5.56. The molecule has 2 saturated heterocycles. The van der Waals surface area contributed by atoms with Gasteiger partial charge < -0.3 is 10.1 Å². The average Bonchev–Trinajstić information content (AvgIpc) is 2.83. The minimum Gasteiger partial charge on any atom is -0.444 e. The topological polar surface area (TPSA) is 41.6 Å². The molecule has 1 amide bonds. The van der Waals surface area contributed by atoms with Gasteiger partial charge in [-0.05, 0) is 46.6 Å². The van der Waals surface area contributed by atoms with E-state index in [0.717, 1.165) is 19.5 Å². The Hall–Kier alpha value is -1.03. The molecular weight excluding hydrogens is 240 g/mol. The van der Waals surface area contributed by atoms with Gasteiger partial charge in [-0.2, -0.15) is 0 Å². The van der Waals surface area contributed by atoms with Crippen molar-refractivity contribution < 1.29 is 9.53 Å². The highest BCUT2D eigenvalue weighted by atomic mass is 16.6. The van der Waals surface area contributed by atoms with E-state index in [9.17, 15) is 4.79 Å². The van der Waals surface area contributed by atoms with Crippen molar-refractivity contribution >= 4 is 6.09 Å². The van der Waals surface area contributed by atoms with Crippen molar-refractivity contribution in [3.63, 3.8) is 0 Å². The minimum absolute atomic E-state index is 0.157. The molecule has 1 N–H and O–H groups in total. The maximum Gasteiger partial charge on any atom is 0.411 e.